The highest BCUT2D eigenvalue weighted by Crippen LogP contribution is 2.24. The van der Waals surface area contributed by atoms with Gasteiger partial charge >= 0.3 is 0 Å². The first-order valence-corrected chi connectivity index (χ1v) is 6.96. The van der Waals surface area contributed by atoms with Crippen molar-refractivity contribution in [2.75, 3.05) is 0 Å². The largest absolute Gasteiger partial charge is 0.388 e. The second-order valence-corrected chi connectivity index (χ2v) is 5.72. The molecule has 2 aromatic carbocycles. The lowest BCUT2D eigenvalue weighted by atomic mass is 9.98. The lowest BCUT2D eigenvalue weighted by Crippen LogP contribution is -2.04. The molecule has 19 heavy (non-hydrogen) atoms. The Morgan fingerprint density at radius 3 is 2.53 bits per heavy atom. The molecule has 0 saturated heterocycles. The molecule has 0 bridgehead atoms. The molecule has 2 aromatic rings. The van der Waals surface area contributed by atoms with Gasteiger partial charge in [0, 0.05) is 10.9 Å². The number of rotatable bonds is 3. The molecule has 0 aliphatic rings. The van der Waals surface area contributed by atoms with Crippen molar-refractivity contribution in [3.05, 3.63) is 68.9 Å². The van der Waals surface area contributed by atoms with Crippen molar-refractivity contribution in [1.29, 1.82) is 0 Å². The number of benzene rings is 2. The standard InChI is InChI=1S/C16H16BrFO/c1-10-3-4-12(7-11(10)2)16(19)9-13-8-14(17)5-6-15(13)18/h3-8,16,19H,9H2,1-2H3. The van der Waals surface area contributed by atoms with Crippen LogP contribution in [0.5, 0.6) is 0 Å². The third kappa shape index (κ3) is 3.43. The second kappa shape index (κ2) is 5.85. The zero-order valence-corrected chi connectivity index (χ0v) is 12.5. The average Bonchev–Trinajstić information content (AvgIpc) is 2.37. The molecule has 0 aliphatic carbocycles. The van der Waals surface area contributed by atoms with E-state index < -0.39 is 6.10 Å². The maximum Gasteiger partial charge on any atom is 0.126 e. The maximum atomic E-state index is 13.7. The lowest BCUT2D eigenvalue weighted by Gasteiger charge is -2.13. The Hall–Kier alpha value is -1.19. The van der Waals surface area contributed by atoms with Crippen LogP contribution in [0.1, 0.15) is 28.4 Å². The number of aliphatic hydroxyl groups excluding tert-OH is 1. The van der Waals surface area contributed by atoms with Crippen LogP contribution in [0.3, 0.4) is 0 Å². The fourth-order valence-electron chi connectivity index (χ4n) is 2.00. The van der Waals surface area contributed by atoms with Gasteiger partial charge in [0.25, 0.3) is 0 Å². The maximum absolute atomic E-state index is 13.7. The molecule has 1 atom stereocenters. The zero-order chi connectivity index (χ0) is 14.0. The number of aryl methyl sites for hydroxylation is 2. The van der Waals surface area contributed by atoms with Gasteiger partial charge in [-0.05, 0) is 54.3 Å². The van der Waals surface area contributed by atoms with E-state index in [1.54, 1.807) is 12.1 Å². The molecule has 2 rings (SSSR count). The molecule has 0 amide bonds. The number of hydrogen-bond acceptors (Lipinski definition) is 1. The average molecular weight is 323 g/mol. The van der Waals surface area contributed by atoms with E-state index in [0.29, 0.717) is 5.56 Å². The predicted molar refractivity (Wildman–Crippen MR) is 78.7 cm³/mol. The van der Waals surface area contributed by atoms with Crippen molar-refractivity contribution in [3.8, 4) is 0 Å². The van der Waals surface area contributed by atoms with Crippen LogP contribution in [0.25, 0.3) is 0 Å². The van der Waals surface area contributed by atoms with Gasteiger partial charge in [0.1, 0.15) is 5.82 Å². The predicted octanol–water partition coefficient (Wildman–Crippen LogP) is 4.48. The molecular weight excluding hydrogens is 307 g/mol. The summed E-state index contributed by atoms with van der Waals surface area (Å²) in [5, 5.41) is 10.2. The van der Waals surface area contributed by atoms with Gasteiger partial charge in [0.2, 0.25) is 0 Å². The van der Waals surface area contributed by atoms with Crippen molar-refractivity contribution >= 4 is 15.9 Å². The summed E-state index contributed by atoms with van der Waals surface area (Å²) in [6, 6.07) is 10.6. The summed E-state index contributed by atoms with van der Waals surface area (Å²) < 4.78 is 14.5. The Morgan fingerprint density at radius 2 is 1.84 bits per heavy atom. The Balaban J connectivity index is 2.22. The first-order valence-electron chi connectivity index (χ1n) is 6.16. The molecule has 0 fully saturated rings. The van der Waals surface area contributed by atoms with Crippen LogP contribution >= 0.6 is 15.9 Å². The van der Waals surface area contributed by atoms with Gasteiger partial charge in [0.15, 0.2) is 0 Å². The van der Waals surface area contributed by atoms with E-state index in [9.17, 15) is 9.50 Å². The van der Waals surface area contributed by atoms with Crippen molar-refractivity contribution in [2.45, 2.75) is 26.4 Å². The molecule has 0 saturated carbocycles. The van der Waals surface area contributed by atoms with Crippen molar-refractivity contribution in [1.82, 2.24) is 0 Å². The van der Waals surface area contributed by atoms with Crippen LogP contribution in [-0.4, -0.2) is 5.11 Å². The molecule has 0 radical (unpaired) electrons. The van der Waals surface area contributed by atoms with Crippen LogP contribution in [0.2, 0.25) is 0 Å². The summed E-state index contributed by atoms with van der Waals surface area (Å²) in [5.74, 6) is -0.286. The minimum absolute atomic E-state index is 0.272. The third-order valence-corrected chi connectivity index (χ3v) is 3.83. The molecule has 0 aromatic heterocycles. The van der Waals surface area contributed by atoms with Gasteiger partial charge in [-0.25, -0.2) is 4.39 Å². The summed E-state index contributed by atoms with van der Waals surface area (Å²) in [6.45, 7) is 4.03. The van der Waals surface area contributed by atoms with E-state index >= 15 is 0 Å². The number of halogens is 2. The summed E-state index contributed by atoms with van der Waals surface area (Å²) in [7, 11) is 0. The molecule has 0 spiro atoms. The quantitative estimate of drug-likeness (QED) is 0.883. The SMILES string of the molecule is Cc1ccc(C(O)Cc2cc(Br)ccc2F)cc1C. The monoisotopic (exact) mass is 322 g/mol. The molecule has 1 N–H and O–H groups in total. The van der Waals surface area contributed by atoms with E-state index in [4.69, 9.17) is 0 Å². The van der Waals surface area contributed by atoms with Crippen molar-refractivity contribution in [2.24, 2.45) is 0 Å². The Labute approximate surface area is 121 Å². The number of aliphatic hydroxyl groups is 1. The normalized spacial score (nSPS) is 12.5. The van der Waals surface area contributed by atoms with Crippen LogP contribution in [-0.2, 0) is 6.42 Å². The van der Waals surface area contributed by atoms with Crippen molar-refractivity contribution < 1.29 is 9.50 Å². The van der Waals surface area contributed by atoms with Gasteiger partial charge < -0.3 is 5.11 Å². The Morgan fingerprint density at radius 1 is 1.11 bits per heavy atom. The molecular formula is C16H16BrFO. The van der Waals surface area contributed by atoms with E-state index in [2.05, 4.69) is 15.9 Å². The highest BCUT2D eigenvalue weighted by molar-refractivity contribution is 9.10. The topological polar surface area (TPSA) is 20.2 Å². The van der Waals surface area contributed by atoms with Gasteiger partial charge in [-0.15, -0.1) is 0 Å². The van der Waals surface area contributed by atoms with Crippen LogP contribution in [0.15, 0.2) is 40.9 Å². The molecule has 0 heterocycles. The van der Waals surface area contributed by atoms with Gasteiger partial charge in [0.05, 0.1) is 6.10 Å². The third-order valence-electron chi connectivity index (χ3n) is 3.34. The highest BCUT2D eigenvalue weighted by atomic mass is 79.9. The first-order chi connectivity index (χ1) is 8.97. The Bertz CT molecular complexity index is 595. The summed E-state index contributed by atoms with van der Waals surface area (Å²) in [4.78, 5) is 0. The molecule has 100 valence electrons. The van der Waals surface area contributed by atoms with Gasteiger partial charge in [-0.1, -0.05) is 34.1 Å². The summed E-state index contributed by atoms with van der Waals surface area (Å²) in [5.41, 5.74) is 3.65. The fraction of sp³-hybridized carbons (Fsp3) is 0.250. The molecule has 3 heteroatoms. The van der Waals surface area contributed by atoms with E-state index in [0.717, 1.165) is 15.6 Å². The first kappa shape index (κ1) is 14.2. The van der Waals surface area contributed by atoms with Crippen molar-refractivity contribution in [3.63, 3.8) is 0 Å². The van der Waals surface area contributed by atoms with E-state index in [1.165, 1.54) is 11.6 Å². The summed E-state index contributed by atoms with van der Waals surface area (Å²) in [6.07, 6.45) is -0.420. The fourth-order valence-corrected chi connectivity index (χ4v) is 2.41. The van der Waals surface area contributed by atoms with Crippen LogP contribution < -0.4 is 0 Å². The molecule has 1 nitrogen and oxygen atoms in total. The van der Waals surface area contributed by atoms with Crippen LogP contribution in [0, 0.1) is 19.7 Å². The second-order valence-electron chi connectivity index (χ2n) is 4.80. The molecule has 0 aliphatic heterocycles. The lowest BCUT2D eigenvalue weighted by molar-refractivity contribution is 0.177. The molecule has 1 unspecified atom stereocenters. The smallest absolute Gasteiger partial charge is 0.126 e. The van der Waals surface area contributed by atoms with Gasteiger partial charge in [-0.3, -0.25) is 0 Å². The van der Waals surface area contributed by atoms with E-state index in [-0.39, 0.29) is 12.2 Å². The Kier molecular flexibility index (Phi) is 4.38. The van der Waals surface area contributed by atoms with E-state index in [1.807, 2.05) is 32.0 Å². The summed E-state index contributed by atoms with van der Waals surface area (Å²) >= 11 is 3.32. The van der Waals surface area contributed by atoms with Gasteiger partial charge in [-0.2, -0.15) is 0 Å². The zero-order valence-electron chi connectivity index (χ0n) is 11.0. The highest BCUT2D eigenvalue weighted by Gasteiger charge is 2.12. The minimum Gasteiger partial charge on any atom is -0.388 e. The van der Waals surface area contributed by atoms with Crippen LogP contribution in [0.4, 0.5) is 4.39 Å². The minimum atomic E-state index is -0.692. The number of hydrogen-bond donors (Lipinski definition) is 1.